The lowest BCUT2D eigenvalue weighted by Gasteiger charge is -2.34. The Morgan fingerprint density at radius 1 is 0.769 bits per heavy atom. The molecule has 3 nitrogen and oxygen atoms in total. The molecule has 0 atom stereocenters. The third-order valence-corrected chi connectivity index (χ3v) is 9.43. The first kappa shape index (κ1) is 13.5. The largest absolute Gasteiger partial charge is 0.437 e. The summed E-state index contributed by atoms with van der Waals surface area (Å²) < 4.78 is 11.6. The van der Waals surface area contributed by atoms with Gasteiger partial charge in [-0.3, -0.25) is 0 Å². The van der Waals surface area contributed by atoms with Crippen LogP contribution in [0.25, 0.3) is 0 Å². The Kier molecular flexibility index (Phi) is 4.11. The van der Waals surface area contributed by atoms with Gasteiger partial charge < -0.3 is 13.0 Å². The molecule has 1 N–H and O–H groups in total. The molecule has 0 saturated heterocycles. The third kappa shape index (κ3) is 8.85. The molecule has 0 saturated carbocycles. The quantitative estimate of drug-likeness (QED) is 0.764. The minimum atomic E-state index is -2.43. The average molecular weight is 239 g/mol. The smallest absolute Gasteiger partial charge is 0.320 e. The maximum Gasteiger partial charge on any atom is 0.320 e. The van der Waals surface area contributed by atoms with Crippen LogP contribution >= 0.6 is 0 Å². The predicted molar refractivity (Wildman–Crippen MR) is 62.7 cm³/mol. The molecule has 0 rings (SSSR count). The molecule has 0 amide bonds. The van der Waals surface area contributed by atoms with Gasteiger partial charge in [0.25, 0.3) is 0 Å². The zero-order valence-corrected chi connectivity index (χ0v) is 12.8. The molecule has 0 unspecified atom stereocenters. The Balaban J connectivity index is 4.25. The summed E-state index contributed by atoms with van der Waals surface area (Å²) in [5, 5.41) is 0. The van der Waals surface area contributed by atoms with Crippen molar-refractivity contribution in [2.24, 2.45) is 0 Å². The summed E-state index contributed by atoms with van der Waals surface area (Å²) in [4.78, 5) is 9.64. The van der Waals surface area contributed by atoms with Crippen LogP contribution in [-0.4, -0.2) is 30.2 Å². The van der Waals surface area contributed by atoms with Crippen molar-refractivity contribution in [3.05, 3.63) is 0 Å². The molecule has 0 aliphatic rings. The number of hydrogen-bond donors (Lipinski definition) is 1. The highest BCUT2D eigenvalue weighted by molar-refractivity contribution is 6.85. The lowest BCUT2D eigenvalue weighted by atomic mass is 11.8. The molecule has 0 heterocycles. The Morgan fingerprint density at radius 3 is 1.38 bits per heavy atom. The van der Waals surface area contributed by atoms with E-state index in [1.54, 1.807) is 13.1 Å². The first-order valence-electron chi connectivity index (χ1n) is 4.54. The van der Waals surface area contributed by atoms with Gasteiger partial charge in [0.05, 0.1) is 0 Å². The monoisotopic (exact) mass is 238 g/mol. The summed E-state index contributed by atoms with van der Waals surface area (Å²) >= 11 is 0. The van der Waals surface area contributed by atoms with Crippen LogP contribution in [0.15, 0.2) is 0 Å². The molecule has 0 aromatic heterocycles. The molecule has 0 fully saturated rings. The molecule has 0 aliphatic heterocycles. The summed E-state index contributed by atoms with van der Waals surface area (Å²) in [5.41, 5.74) is 0. The van der Waals surface area contributed by atoms with Crippen LogP contribution in [0.4, 0.5) is 0 Å². The normalized spacial score (nSPS) is 14.8. The second-order valence-electron chi connectivity index (χ2n) is 5.16. The average Bonchev–Trinajstić information content (AvgIpc) is 1.43. The standard InChI is InChI=1S/C7H22O3Si3/c1-11(2,3)9-13(6,7)10-12(4,5)8/h8H,1-7H3. The summed E-state index contributed by atoms with van der Waals surface area (Å²) in [6.45, 7) is 13.9. The zero-order chi connectivity index (χ0) is 10.9. The Hall–Kier alpha value is 0.531. The van der Waals surface area contributed by atoms with Crippen LogP contribution in [0, 0.1) is 0 Å². The molecule has 0 radical (unpaired) electrons. The minimum absolute atomic E-state index is 1.54. The summed E-state index contributed by atoms with van der Waals surface area (Å²) in [5.74, 6) is 0. The third-order valence-electron chi connectivity index (χ3n) is 1.05. The van der Waals surface area contributed by atoms with Crippen LogP contribution in [0.5, 0.6) is 0 Å². The van der Waals surface area contributed by atoms with Crippen molar-refractivity contribution < 1.29 is 13.0 Å². The van der Waals surface area contributed by atoms with Gasteiger partial charge in [0.1, 0.15) is 0 Å². The van der Waals surface area contributed by atoms with Crippen LogP contribution in [0.2, 0.25) is 45.8 Å². The minimum Gasteiger partial charge on any atom is -0.437 e. The van der Waals surface area contributed by atoms with Gasteiger partial charge in [-0.25, -0.2) is 0 Å². The van der Waals surface area contributed by atoms with E-state index in [4.69, 9.17) is 8.23 Å². The van der Waals surface area contributed by atoms with Gasteiger partial charge in [-0.15, -0.1) is 0 Å². The first-order chi connectivity index (χ1) is 5.41. The van der Waals surface area contributed by atoms with Crippen molar-refractivity contribution >= 4 is 25.4 Å². The fraction of sp³-hybridized carbons (Fsp3) is 1.00. The van der Waals surface area contributed by atoms with E-state index in [0.717, 1.165) is 0 Å². The molecule has 0 aliphatic carbocycles. The summed E-state index contributed by atoms with van der Waals surface area (Å²) in [7, 11) is -6.08. The Morgan fingerprint density at radius 2 is 1.15 bits per heavy atom. The van der Waals surface area contributed by atoms with Crippen molar-refractivity contribution in [3.63, 3.8) is 0 Å². The van der Waals surface area contributed by atoms with Gasteiger partial charge in [0, 0.05) is 0 Å². The molecular formula is C7H22O3Si3. The van der Waals surface area contributed by atoms with E-state index >= 15 is 0 Å². The summed E-state index contributed by atoms with van der Waals surface area (Å²) in [6.07, 6.45) is 0. The van der Waals surface area contributed by atoms with Crippen molar-refractivity contribution in [2.75, 3.05) is 0 Å². The van der Waals surface area contributed by atoms with E-state index < -0.39 is 25.4 Å². The number of hydrogen-bond acceptors (Lipinski definition) is 3. The Bertz CT molecular complexity index is 151. The van der Waals surface area contributed by atoms with Gasteiger partial charge in [-0.2, -0.15) is 0 Å². The van der Waals surface area contributed by atoms with E-state index in [1.165, 1.54) is 0 Å². The van der Waals surface area contributed by atoms with Crippen LogP contribution in [0.1, 0.15) is 0 Å². The van der Waals surface area contributed by atoms with Crippen molar-refractivity contribution in [1.29, 1.82) is 0 Å². The van der Waals surface area contributed by atoms with Crippen molar-refractivity contribution in [1.82, 2.24) is 0 Å². The van der Waals surface area contributed by atoms with E-state index in [2.05, 4.69) is 19.6 Å². The van der Waals surface area contributed by atoms with Crippen LogP contribution < -0.4 is 0 Å². The SMILES string of the molecule is C[Si](C)(C)O[Si](C)(C)O[Si](C)(C)O. The van der Waals surface area contributed by atoms with Gasteiger partial charge in [0.2, 0.25) is 0 Å². The predicted octanol–water partition coefficient (Wildman–Crippen LogP) is 2.25. The topological polar surface area (TPSA) is 38.7 Å². The molecule has 13 heavy (non-hydrogen) atoms. The van der Waals surface area contributed by atoms with E-state index in [0.29, 0.717) is 0 Å². The zero-order valence-electron chi connectivity index (χ0n) is 9.76. The van der Waals surface area contributed by atoms with Crippen LogP contribution in [0.3, 0.4) is 0 Å². The van der Waals surface area contributed by atoms with Gasteiger partial charge in [-0.1, -0.05) is 0 Å². The fourth-order valence-corrected chi connectivity index (χ4v) is 12.6. The van der Waals surface area contributed by atoms with Crippen molar-refractivity contribution in [3.8, 4) is 0 Å². The van der Waals surface area contributed by atoms with E-state index in [9.17, 15) is 4.80 Å². The van der Waals surface area contributed by atoms with Gasteiger partial charge >= 0.3 is 17.1 Å². The Labute approximate surface area is 84.7 Å². The maximum atomic E-state index is 9.64. The van der Waals surface area contributed by atoms with E-state index in [-0.39, 0.29) is 0 Å². The molecule has 0 aromatic rings. The first-order valence-corrected chi connectivity index (χ1v) is 13.6. The van der Waals surface area contributed by atoms with Crippen LogP contribution in [-0.2, 0) is 8.23 Å². The van der Waals surface area contributed by atoms with Gasteiger partial charge in [0.15, 0.2) is 8.32 Å². The summed E-state index contributed by atoms with van der Waals surface area (Å²) in [6, 6.07) is 0. The maximum absolute atomic E-state index is 9.64. The van der Waals surface area contributed by atoms with Crippen molar-refractivity contribution in [2.45, 2.75) is 45.8 Å². The second-order valence-corrected chi connectivity index (χ2v) is 16.7. The fourth-order valence-electron chi connectivity index (χ4n) is 1.36. The molecule has 6 heteroatoms. The molecule has 0 spiro atoms. The molecule has 0 aromatic carbocycles. The molecule has 80 valence electrons. The van der Waals surface area contributed by atoms with Gasteiger partial charge in [-0.05, 0) is 45.8 Å². The highest BCUT2D eigenvalue weighted by atomic mass is 28.5. The number of rotatable bonds is 4. The molecular weight excluding hydrogens is 216 g/mol. The second kappa shape index (κ2) is 3.95. The lowest BCUT2D eigenvalue weighted by Crippen LogP contribution is -2.51. The highest BCUT2D eigenvalue weighted by Crippen LogP contribution is 2.18. The van der Waals surface area contributed by atoms with E-state index in [1.807, 2.05) is 13.1 Å². The molecule has 0 bridgehead atoms. The highest BCUT2D eigenvalue weighted by Gasteiger charge is 2.37. The lowest BCUT2D eigenvalue weighted by molar-refractivity contribution is 0.326.